The molecule has 0 N–H and O–H groups in total. The van der Waals surface area contributed by atoms with Crippen LogP contribution in [-0.4, -0.2) is 26.2 Å². The largest absolute Gasteiger partial charge is 0.381 e. The smallest absolute Gasteiger partial charge is 0.230 e. The molecule has 0 saturated carbocycles. The van der Waals surface area contributed by atoms with E-state index in [1.165, 1.54) is 0 Å². The van der Waals surface area contributed by atoms with E-state index in [1.807, 2.05) is 37.4 Å². The van der Waals surface area contributed by atoms with Crippen LogP contribution in [0.1, 0.15) is 12.8 Å². The van der Waals surface area contributed by atoms with Gasteiger partial charge >= 0.3 is 0 Å². The van der Waals surface area contributed by atoms with Crippen molar-refractivity contribution in [1.82, 2.24) is 0 Å². The Labute approximate surface area is 96.0 Å². The van der Waals surface area contributed by atoms with Crippen LogP contribution >= 0.6 is 0 Å². The van der Waals surface area contributed by atoms with Crippen LogP contribution in [0.5, 0.6) is 0 Å². The van der Waals surface area contributed by atoms with Crippen LogP contribution < -0.4 is 4.90 Å². The molecule has 1 heterocycles. The third-order valence-electron chi connectivity index (χ3n) is 3.04. The molecule has 1 fully saturated rings. The Morgan fingerprint density at radius 2 is 1.88 bits per heavy atom. The standard InChI is InChI=1S/C13H17NO2/c1-14(12-5-3-2-4-6-12)13(15)11-7-9-16-10-8-11/h2-6,11H,7-10H2,1H3. The molecule has 0 spiro atoms. The maximum Gasteiger partial charge on any atom is 0.230 e. The predicted molar refractivity (Wildman–Crippen MR) is 63.4 cm³/mol. The minimum Gasteiger partial charge on any atom is -0.381 e. The molecule has 3 nitrogen and oxygen atoms in total. The number of hydrogen-bond donors (Lipinski definition) is 0. The second-order valence-corrected chi connectivity index (χ2v) is 4.12. The highest BCUT2D eigenvalue weighted by molar-refractivity contribution is 5.94. The first-order chi connectivity index (χ1) is 7.79. The fraction of sp³-hybridized carbons (Fsp3) is 0.462. The minimum atomic E-state index is 0.124. The van der Waals surface area contributed by atoms with Gasteiger partial charge in [-0.25, -0.2) is 0 Å². The highest BCUT2D eigenvalue weighted by Gasteiger charge is 2.24. The Hall–Kier alpha value is -1.35. The highest BCUT2D eigenvalue weighted by Crippen LogP contribution is 2.20. The van der Waals surface area contributed by atoms with E-state index in [0.29, 0.717) is 13.2 Å². The molecule has 86 valence electrons. The number of benzene rings is 1. The van der Waals surface area contributed by atoms with Crippen LogP contribution in [0.25, 0.3) is 0 Å². The number of para-hydroxylation sites is 1. The molecule has 0 unspecified atom stereocenters. The van der Waals surface area contributed by atoms with Gasteiger partial charge in [-0.1, -0.05) is 18.2 Å². The summed E-state index contributed by atoms with van der Waals surface area (Å²) in [6.45, 7) is 1.41. The van der Waals surface area contributed by atoms with Gasteiger partial charge in [0.2, 0.25) is 5.91 Å². The summed E-state index contributed by atoms with van der Waals surface area (Å²) >= 11 is 0. The third-order valence-corrected chi connectivity index (χ3v) is 3.04. The fourth-order valence-corrected chi connectivity index (χ4v) is 2.00. The number of hydrogen-bond acceptors (Lipinski definition) is 2. The van der Waals surface area contributed by atoms with Gasteiger partial charge in [0.1, 0.15) is 0 Å². The molecule has 0 aromatic heterocycles. The molecule has 2 rings (SSSR count). The molecule has 3 heteroatoms. The molecule has 1 aromatic rings. The maximum absolute atomic E-state index is 12.2. The van der Waals surface area contributed by atoms with E-state index >= 15 is 0 Å². The molecule has 1 amide bonds. The van der Waals surface area contributed by atoms with Crippen molar-refractivity contribution in [3.05, 3.63) is 30.3 Å². The molecule has 16 heavy (non-hydrogen) atoms. The molecular formula is C13H17NO2. The molecule has 0 radical (unpaired) electrons. The van der Waals surface area contributed by atoms with Gasteiger partial charge in [0.15, 0.2) is 0 Å². The first-order valence-electron chi connectivity index (χ1n) is 5.69. The second-order valence-electron chi connectivity index (χ2n) is 4.12. The Morgan fingerprint density at radius 3 is 2.50 bits per heavy atom. The van der Waals surface area contributed by atoms with Gasteiger partial charge in [0.25, 0.3) is 0 Å². The average molecular weight is 219 g/mol. The van der Waals surface area contributed by atoms with Gasteiger partial charge in [-0.15, -0.1) is 0 Å². The van der Waals surface area contributed by atoms with Crippen LogP contribution in [0.4, 0.5) is 5.69 Å². The van der Waals surface area contributed by atoms with Crippen molar-refractivity contribution in [2.45, 2.75) is 12.8 Å². The van der Waals surface area contributed by atoms with E-state index in [4.69, 9.17) is 4.74 Å². The van der Waals surface area contributed by atoms with Crippen LogP contribution in [0.2, 0.25) is 0 Å². The Kier molecular flexibility index (Phi) is 3.57. The third kappa shape index (κ3) is 2.42. The lowest BCUT2D eigenvalue weighted by Crippen LogP contribution is -2.35. The predicted octanol–water partition coefficient (Wildman–Crippen LogP) is 2.08. The van der Waals surface area contributed by atoms with Crippen LogP contribution in [0.3, 0.4) is 0 Å². The first-order valence-corrected chi connectivity index (χ1v) is 5.69. The summed E-state index contributed by atoms with van der Waals surface area (Å²) < 4.78 is 5.26. The maximum atomic E-state index is 12.2. The highest BCUT2D eigenvalue weighted by atomic mass is 16.5. The van der Waals surface area contributed by atoms with E-state index in [2.05, 4.69) is 0 Å². The van der Waals surface area contributed by atoms with Crippen LogP contribution in [-0.2, 0) is 9.53 Å². The van der Waals surface area contributed by atoms with Gasteiger partial charge in [-0.3, -0.25) is 4.79 Å². The summed E-state index contributed by atoms with van der Waals surface area (Å²) in [5, 5.41) is 0. The summed E-state index contributed by atoms with van der Waals surface area (Å²) in [6, 6.07) is 9.76. The van der Waals surface area contributed by atoms with E-state index in [9.17, 15) is 4.79 Å². The normalized spacial score (nSPS) is 17.1. The minimum absolute atomic E-state index is 0.124. The van der Waals surface area contributed by atoms with Crippen LogP contribution in [0.15, 0.2) is 30.3 Å². The topological polar surface area (TPSA) is 29.5 Å². The van der Waals surface area contributed by atoms with Crippen LogP contribution in [0, 0.1) is 5.92 Å². The van der Waals surface area contributed by atoms with Gasteiger partial charge < -0.3 is 9.64 Å². The van der Waals surface area contributed by atoms with Crippen molar-refractivity contribution in [1.29, 1.82) is 0 Å². The number of amides is 1. The van der Waals surface area contributed by atoms with E-state index in [1.54, 1.807) is 4.90 Å². The van der Waals surface area contributed by atoms with Gasteiger partial charge in [0.05, 0.1) is 0 Å². The van der Waals surface area contributed by atoms with Crippen molar-refractivity contribution in [3.63, 3.8) is 0 Å². The molecule has 1 aromatic carbocycles. The number of rotatable bonds is 2. The van der Waals surface area contributed by atoms with Gasteiger partial charge in [0, 0.05) is 31.9 Å². The molecule has 0 bridgehead atoms. The summed E-state index contributed by atoms with van der Waals surface area (Å²) in [7, 11) is 1.84. The number of carbonyl (C=O) groups is 1. The molecule has 1 aliphatic heterocycles. The average Bonchev–Trinajstić information content (AvgIpc) is 2.39. The van der Waals surface area contributed by atoms with Crippen molar-refractivity contribution in [2.75, 3.05) is 25.2 Å². The molecule has 0 atom stereocenters. The number of nitrogens with zero attached hydrogens (tertiary/aromatic N) is 1. The summed E-state index contributed by atoms with van der Waals surface area (Å²) in [4.78, 5) is 13.9. The van der Waals surface area contributed by atoms with Gasteiger partial charge in [-0.2, -0.15) is 0 Å². The lowest BCUT2D eigenvalue weighted by molar-refractivity contribution is -0.124. The zero-order chi connectivity index (χ0) is 11.4. The number of anilines is 1. The van der Waals surface area contributed by atoms with Crippen molar-refractivity contribution < 1.29 is 9.53 Å². The van der Waals surface area contributed by atoms with Crippen molar-refractivity contribution in [2.24, 2.45) is 5.92 Å². The first kappa shape index (κ1) is 11.1. The van der Waals surface area contributed by atoms with Crippen molar-refractivity contribution in [3.8, 4) is 0 Å². The monoisotopic (exact) mass is 219 g/mol. The summed E-state index contributed by atoms with van der Waals surface area (Å²) in [5.74, 6) is 0.327. The zero-order valence-corrected chi connectivity index (χ0v) is 9.56. The summed E-state index contributed by atoms with van der Waals surface area (Å²) in [5.41, 5.74) is 0.957. The van der Waals surface area contributed by atoms with E-state index in [-0.39, 0.29) is 11.8 Å². The Balaban J connectivity index is 2.04. The number of ether oxygens (including phenoxy) is 1. The molecule has 1 aliphatic rings. The Bertz CT molecular complexity index is 344. The second kappa shape index (κ2) is 5.12. The zero-order valence-electron chi connectivity index (χ0n) is 9.56. The molecule has 0 aliphatic carbocycles. The lowest BCUT2D eigenvalue weighted by Gasteiger charge is -2.26. The molecular weight excluding hydrogens is 202 g/mol. The van der Waals surface area contributed by atoms with Crippen molar-refractivity contribution >= 4 is 11.6 Å². The van der Waals surface area contributed by atoms with E-state index < -0.39 is 0 Å². The van der Waals surface area contributed by atoms with E-state index in [0.717, 1.165) is 18.5 Å². The fourth-order valence-electron chi connectivity index (χ4n) is 2.00. The number of carbonyl (C=O) groups excluding carboxylic acids is 1. The Morgan fingerprint density at radius 1 is 1.25 bits per heavy atom. The molecule has 1 saturated heterocycles. The lowest BCUT2D eigenvalue weighted by atomic mass is 9.98. The van der Waals surface area contributed by atoms with Gasteiger partial charge in [-0.05, 0) is 25.0 Å². The summed E-state index contributed by atoms with van der Waals surface area (Å²) in [6.07, 6.45) is 1.69. The SMILES string of the molecule is CN(C(=O)C1CCOCC1)c1ccccc1. The quantitative estimate of drug-likeness (QED) is 0.762.